The van der Waals surface area contributed by atoms with Crippen molar-refractivity contribution in [2.45, 2.75) is 46.2 Å². The predicted octanol–water partition coefficient (Wildman–Crippen LogP) is 2.28. The average molecular weight is 392 g/mol. The van der Waals surface area contributed by atoms with E-state index in [4.69, 9.17) is 9.47 Å². The lowest BCUT2D eigenvalue weighted by atomic mass is 9.92. The second kappa shape index (κ2) is 12.6. The summed E-state index contributed by atoms with van der Waals surface area (Å²) in [5, 5.41) is 6.93. The van der Waals surface area contributed by atoms with Crippen molar-refractivity contribution < 1.29 is 9.47 Å². The van der Waals surface area contributed by atoms with Crippen LogP contribution in [0.15, 0.2) is 23.3 Å². The molecular weight excluding hydrogens is 354 g/mol. The van der Waals surface area contributed by atoms with Crippen LogP contribution in [0.25, 0.3) is 0 Å². The summed E-state index contributed by atoms with van der Waals surface area (Å²) in [6, 6.07) is 4.44. The van der Waals surface area contributed by atoms with Crippen molar-refractivity contribution in [3.63, 3.8) is 0 Å². The van der Waals surface area contributed by atoms with Gasteiger partial charge in [0.25, 0.3) is 0 Å². The minimum absolute atomic E-state index is 0.481. The Kier molecular flexibility index (Phi) is 10.1. The normalized spacial score (nSPS) is 16.8. The van der Waals surface area contributed by atoms with Crippen LogP contribution >= 0.6 is 0 Å². The maximum Gasteiger partial charge on any atom is 0.218 e. The fourth-order valence-corrected chi connectivity index (χ4v) is 3.76. The Morgan fingerprint density at radius 1 is 1.25 bits per heavy atom. The number of aliphatic imine (C=N–C) groups is 1. The SMILES string of the molecule is CCOc1ncccc1CNC(=NC)NCC(C(CC)CC)N1CCOCC1. The summed E-state index contributed by atoms with van der Waals surface area (Å²) in [7, 11) is 1.81. The molecule has 1 aromatic heterocycles. The molecule has 7 nitrogen and oxygen atoms in total. The topological polar surface area (TPSA) is 71.0 Å². The molecule has 2 rings (SSSR count). The third kappa shape index (κ3) is 6.63. The van der Waals surface area contributed by atoms with Gasteiger partial charge in [0.2, 0.25) is 5.88 Å². The lowest BCUT2D eigenvalue weighted by Crippen LogP contribution is -2.53. The van der Waals surface area contributed by atoms with E-state index < -0.39 is 0 Å². The number of pyridine rings is 1. The highest BCUT2D eigenvalue weighted by atomic mass is 16.5. The van der Waals surface area contributed by atoms with Gasteiger partial charge in [-0.1, -0.05) is 32.8 Å². The molecule has 0 spiro atoms. The molecule has 1 aromatic rings. The smallest absolute Gasteiger partial charge is 0.218 e. The van der Waals surface area contributed by atoms with Gasteiger partial charge in [-0.05, 0) is 18.9 Å². The third-order valence-corrected chi connectivity index (χ3v) is 5.39. The van der Waals surface area contributed by atoms with Crippen molar-refractivity contribution >= 4 is 5.96 Å². The van der Waals surface area contributed by atoms with E-state index in [0.717, 1.165) is 44.4 Å². The molecule has 0 aliphatic carbocycles. The molecule has 1 saturated heterocycles. The second-order valence-corrected chi connectivity index (χ2v) is 7.00. The molecule has 1 aliphatic heterocycles. The lowest BCUT2D eigenvalue weighted by Gasteiger charge is -2.39. The maximum atomic E-state index is 5.61. The first-order chi connectivity index (χ1) is 13.7. The second-order valence-electron chi connectivity index (χ2n) is 7.00. The Labute approximate surface area is 169 Å². The number of morpholine rings is 1. The number of guanidine groups is 1. The molecule has 1 aliphatic rings. The van der Waals surface area contributed by atoms with Gasteiger partial charge in [0.05, 0.1) is 19.8 Å². The first kappa shape index (κ1) is 22.4. The van der Waals surface area contributed by atoms with E-state index in [9.17, 15) is 0 Å². The van der Waals surface area contributed by atoms with Crippen LogP contribution in [0, 0.1) is 5.92 Å². The van der Waals surface area contributed by atoms with Gasteiger partial charge < -0.3 is 20.1 Å². The molecule has 0 saturated carbocycles. The van der Waals surface area contributed by atoms with Crippen LogP contribution in [0.2, 0.25) is 0 Å². The van der Waals surface area contributed by atoms with Crippen LogP contribution in [-0.4, -0.2) is 68.4 Å². The lowest BCUT2D eigenvalue weighted by molar-refractivity contribution is 0.00272. The molecule has 2 N–H and O–H groups in total. The van der Waals surface area contributed by atoms with Gasteiger partial charge in [-0.15, -0.1) is 0 Å². The molecule has 1 fully saturated rings. The van der Waals surface area contributed by atoms with Crippen molar-refractivity contribution in [3.05, 3.63) is 23.9 Å². The summed E-state index contributed by atoms with van der Waals surface area (Å²) in [6.07, 6.45) is 4.11. The standard InChI is InChI=1S/C21H37N5O2/c1-5-17(6-2)19(26-11-13-27-14-12-26)16-25-21(22-4)24-15-18-9-8-10-23-20(18)28-7-3/h8-10,17,19H,5-7,11-16H2,1-4H3,(H2,22,24,25). The van der Waals surface area contributed by atoms with Crippen LogP contribution in [0.1, 0.15) is 39.2 Å². The van der Waals surface area contributed by atoms with Gasteiger partial charge in [0.15, 0.2) is 5.96 Å². The summed E-state index contributed by atoms with van der Waals surface area (Å²) in [6.45, 7) is 12.3. The summed E-state index contributed by atoms with van der Waals surface area (Å²) in [4.78, 5) is 11.3. The van der Waals surface area contributed by atoms with Crippen LogP contribution in [0.3, 0.4) is 0 Å². The fourth-order valence-electron chi connectivity index (χ4n) is 3.76. The summed E-state index contributed by atoms with van der Waals surface area (Å²) in [5.41, 5.74) is 1.03. The Balaban J connectivity index is 1.94. The van der Waals surface area contributed by atoms with E-state index in [0.29, 0.717) is 31.0 Å². The highest BCUT2D eigenvalue weighted by molar-refractivity contribution is 5.79. The van der Waals surface area contributed by atoms with Gasteiger partial charge in [-0.3, -0.25) is 9.89 Å². The molecule has 7 heteroatoms. The zero-order chi connectivity index (χ0) is 20.2. The average Bonchev–Trinajstić information content (AvgIpc) is 2.75. The van der Waals surface area contributed by atoms with Crippen molar-refractivity contribution in [2.24, 2.45) is 10.9 Å². The Morgan fingerprint density at radius 2 is 2.00 bits per heavy atom. The van der Waals surface area contributed by atoms with Crippen molar-refractivity contribution in [1.82, 2.24) is 20.5 Å². The van der Waals surface area contributed by atoms with E-state index in [1.54, 1.807) is 6.20 Å². The monoisotopic (exact) mass is 391 g/mol. The van der Waals surface area contributed by atoms with E-state index in [1.165, 1.54) is 12.8 Å². The molecule has 158 valence electrons. The Hall–Kier alpha value is -1.86. The molecule has 0 aromatic carbocycles. The molecule has 0 amide bonds. The van der Waals surface area contributed by atoms with Crippen LogP contribution < -0.4 is 15.4 Å². The number of nitrogens with zero attached hydrogens (tertiary/aromatic N) is 3. The number of hydrogen-bond acceptors (Lipinski definition) is 5. The minimum atomic E-state index is 0.481. The van der Waals surface area contributed by atoms with Gasteiger partial charge >= 0.3 is 0 Å². The molecule has 1 unspecified atom stereocenters. The largest absolute Gasteiger partial charge is 0.478 e. The molecule has 28 heavy (non-hydrogen) atoms. The highest BCUT2D eigenvalue weighted by Crippen LogP contribution is 2.19. The number of ether oxygens (including phenoxy) is 2. The van der Waals surface area contributed by atoms with Gasteiger partial charge in [0, 0.05) is 51.0 Å². The minimum Gasteiger partial charge on any atom is -0.478 e. The number of aromatic nitrogens is 1. The summed E-state index contributed by atoms with van der Waals surface area (Å²) < 4.78 is 11.2. The number of rotatable bonds is 10. The maximum absolute atomic E-state index is 5.61. The summed E-state index contributed by atoms with van der Waals surface area (Å²) in [5.74, 6) is 2.14. The molecule has 2 heterocycles. The number of hydrogen-bond donors (Lipinski definition) is 2. The molecule has 0 bridgehead atoms. The van der Waals surface area contributed by atoms with Gasteiger partial charge in [-0.25, -0.2) is 4.98 Å². The van der Waals surface area contributed by atoms with Crippen LogP contribution in [0.4, 0.5) is 0 Å². The van der Waals surface area contributed by atoms with E-state index >= 15 is 0 Å². The molecule has 1 atom stereocenters. The zero-order valence-corrected chi connectivity index (χ0v) is 17.9. The Bertz CT molecular complexity index is 586. The zero-order valence-electron chi connectivity index (χ0n) is 17.9. The fraction of sp³-hybridized carbons (Fsp3) is 0.714. The van der Waals surface area contributed by atoms with Gasteiger partial charge in [-0.2, -0.15) is 0 Å². The Morgan fingerprint density at radius 3 is 2.64 bits per heavy atom. The van der Waals surface area contributed by atoms with E-state index in [1.807, 2.05) is 26.1 Å². The number of nitrogens with one attached hydrogen (secondary N) is 2. The van der Waals surface area contributed by atoms with Crippen molar-refractivity contribution in [2.75, 3.05) is 46.5 Å². The van der Waals surface area contributed by atoms with Crippen LogP contribution in [0.5, 0.6) is 5.88 Å². The van der Waals surface area contributed by atoms with Crippen molar-refractivity contribution in [1.29, 1.82) is 0 Å². The quantitative estimate of drug-likeness (QED) is 0.471. The molecular formula is C21H37N5O2. The third-order valence-electron chi connectivity index (χ3n) is 5.39. The van der Waals surface area contributed by atoms with Crippen molar-refractivity contribution in [3.8, 4) is 5.88 Å². The van der Waals surface area contributed by atoms with Crippen LogP contribution in [-0.2, 0) is 11.3 Å². The van der Waals surface area contributed by atoms with E-state index in [-0.39, 0.29) is 0 Å². The van der Waals surface area contributed by atoms with E-state index in [2.05, 4.69) is 39.4 Å². The van der Waals surface area contributed by atoms with Gasteiger partial charge in [0.1, 0.15) is 0 Å². The highest BCUT2D eigenvalue weighted by Gasteiger charge is 2.27. The summed E-state index contributed by atoms with van der Waals surface area (Å²) >= 11 is 0. The first-order valence-corrected chi connectivity index (χ1v) is 10.6. The first-order valence-electron chi connectivity index (χ1n) is 10.6. The molecule has 0 radical (unpaired) electrons. The predicted molar refractivity (Wildman–Crippen MR) is 114 cm³/mol.